The van der Waals surface area contributed by atoms with Crippen LogP contribution in [0.1, 0.15) is 49.7 Å². The predicted octanol–water partition coefficient (Wildman–Crippen LogP) is 3.01. The maximum absolute atomic E-state index is 12.3. The molecule has 1 fully saturated rings. The molecule has 0 spiro atoms. The van der Waals surface area contributed by atoms with Crippen LogP contribution in [0, 0.1) is 6.92 Å². The van der Waals surface area contributed by atoms with Crippen LogP contribution in [0.25, 0.3) is 0 Å². The normalized spacial score (nSPS) is 17.8. The summed E-state index contributed by atoms with van der Waals surface area (Å²) in [7, 11) is 1.87. The minimum Gasteiger partial charge on any atom is -0.341 e. The van der Waals surface area contributed by atoms with Crippen molar-refractivity contribution in [1.82, 2.24) is 4.90 Å². The second-order valence-electron chi connectivity index (χ2n) is 6.34. The molecule has 3 nitrogen and oxygen atoms in total. The van der Waals surface area contributed by atoms with Crippen LogP contribution in [-0.4, -0.2) is 23.4 Å². The summed E-state index contributed by atoms with van der Waals surface area (Å²) in [5, 5.41) is 0. The average Bonchev–Trinajstić information content (AvgIpc) is 2.41. The van der Waals surface area contributed by atoms with Crippen molar-refractivity contribution in [3.8, 4) is 0 Å². The molecule has 1 amide bonds. The van der Waals surface area contributed by atoms with Crippen molar-refractivity contribution < 1.29 is 4.79 Å². The van der Waals surface area contributed by atoms with E-state index < -0.39 is 0 Å². The molecule has 1 aromatic rings. The number of benzene rings is 1. The summed E-state index contributed by atoms with van der Waals surface area (Å²) in [6, 6.07) is 8.33. The number of aryl methyl sites for hydroxylation is 1. The van der Waals surface area contributed by atoms with Crippen LogP contribution >= 0.6 is 0 Å². The van der Waals surface area contributed by atoms with Crippen LogP contribution in [0.4, 0.5) is 0 Å². The number of carbonyl (C=O) groups excluding carboxylic acids is 1. The third-order valence-electron chi connectivity index (χ3n) is 4.32. The lowest BCUT2D eigenvalue weighted by Gasteiger charge is -2.34. The Kier molecular flexibility index (Phi) is 4.81. The van der Waals surface area contributed by atoms with Crippen molar-refractivity contribution in [2.75, 3.05) is 7.05 Å². The molecule has 0 aliphatic heterocycles. The summed E-state index contributed by atoms with van der Waals surface area (Å²) in [5.74, 6) is 0.162. The Labute approximate surface area is 122 Å². The van der Waals surface area contributed by atoms with Gasteiger partial charge in [-0.15, -0.1) is 0 Å². The van der Waals surface area contributed by atoms with Gasteiger partial charge < -0.3 is 10.6 Å². The Hall–Kier alpha value is -1.35. The van der Waals surface area contributed by atoms with Gasteiger partial charge in [-0.2, -0.15) is 0 Å². The van der Waals surface area contributed by atoms with Crippen molar-refractivity contribution in [2.45, 2.75) is 57.5 Å². The Balaban J connectivity index is 1.89. The molecule has 0 aromatic heterocycles. The smallest absolute Gasteiger partial charge is 0.224 e. The first-order valence-corrected chi connectivity index (χ1v) is 7.57. The van der Waals surface area contributed by atoms with Crippen molar-refractivity contribution in [3.05, 3.63) is 35.4 Å². The summed E-state index contributed by atoms with van der Waals surface area (Å²) in [6.07, 6.45) is 6.02. The molecular weight excluding hydrogens is 248 g/mol. The van der Waals surface area contributed by atoms with Crippen LogP contribution < -0.4 is 5.73 Å². The number of hydrogen-bond donors (Lipinski definition) is 1. The van der Waals surface area contributed by atoms with E-state index in [-0.39, 0.29) is 11.4 Å². The van der Waals surface area contributed by atoms with Gasteiger partial charge in [-0.05, 0) is 25.3 Å². The molecule has 1 aliphatic carbocycles. The minimum absolute atomic E-state index is 0.162. The molecule has 0 atom stereocenters. The van der Waals surface area contributed by atoms with E-state index in [1.807, 2.05) is 7.05 Å². The largest absolute Gasteiger partial charge is 0.341 e. The second-order valence-corrected chi connectivity index (χ2v) is 6.34. The summed E-state index contributed by atoms with van der Waals surface area (Å²) < 4.78 is 0. The van der Waals surface area contributed by atoms with Crippen molar-refractivity contribution in [2.24, 2.45) is 5.73 Å². The topological polar surface area (TPSA) is 46.3 Å². The van der Waals surface area contributed by atoms with E-state index in [2.05, 4.69) is 31.2 Å². The molecule has 0 saturated heterocycles. The highest BCUT2D eigenvalue weighted by molar-refractivity contribution is 5.77. The number of nitrogens with two attached hydrogens (primary N) is 1. The molecule has 20 heavy (non-hydrogen) atoms. The van der Waals surface area contributed by atoms with E-state index in [1.54, 1.807) is 4.90 Å². The first-order chi connectivity index (χ1) is 9.48. The van der Waals surface area contributed by atoms with Crippen LogP contribution in [-0.2, 0) is 11.3 Å². The third-order valence-corrected chi connectivity index (χ3v) is 4.32. The SMILES string of the molecule is Cc1ccc(CN(C)C(=O)CC2(N)CCCCC2)cc1. The van der Waals surface area contributed by atoms with Gasteiger partial charge in [0.15, 0.2) is 0 Å². The van der Waals surface area contributed by atoms with Crippen molar-refractivity contribution >= 4 is 5.91 Å². The van der Waals surface area contributed by atoms with Crippen LogP contribution in [0.5, 0.6) is 0 Å². The third kappa shape index (κ3) is 4.07. The minimum atomic E-state index is -0.267. The highest BCUT2D eigenvalue weighted by Crippen LogP contribution is 2.29. The maximum Gasteiger partial charge on any atom is 0.224 e. The van der Waals surface area contributed by atoms with Crippen LogP contribution in [0.3, 0.4) is 0 Å². The Morgan fingerprint density at radius 2 is 1.80 bits per heavy atom. The summed E-state index contributed by atoms with van der Waals surface area (Å²) in [5.41, 5.74) is 8.51. The van der Waals surface area contributed by atoms with Crippen LogP contribution in [0.15, 0.2) is 24.3 Å². The van der Waals surface area contributed by atoms with Gasteiger partial charge in [0.1, 0.15) is 0 Å². The van der Waals surface area contributed by atoms with Gasteiger partial charge in [0.25, 0.3) is 0 Å². The zero-order chi connectivity index (χ0) is 14.6. The summed E-state index contributed by atoms with van der Waals surface area (Å²) >= 11 is 0. The fourth-order valence-electron chi connectivity index (χ4n) is 2.92. The highest BCUT2D eigenvalue weighted by Gasteiger charge is 2.30. The van der Waals surface area contributed by atoms with Crippen molar-refractivity contribution in [3.63, 3.8) is 0 Å². The molecule has 0 radical (unpaired) electrons. The van der Waals surface area contributed by atoms with E-state index in [4.69, 9.17) is 5.73 Å². The maximum atomic E-state index is 12.3. The van der Waals surface area contributed by atoms with E-state index in [0.717, 1.165) is 25.7 Å². The van der Waals surface area contributed by atoms with Gasteiger partial charge >= 0.3 is 0 Å². The Morgan fingerprint density at radius 1 is 1.20 bits per heavy atom. The molecule has 0 heterocycles. The van der Waals surface area contributed by atoms with E-state index in [0.29, 0.717) is 13.0 Å². The summed E-state index contributed by atoms with van der Waals surface area (Å²) in [6.45, 7) is 2.73. The standard InChI is InChI=1S/C17H26N2O/c1-14-6-8-15(9-7-14)13-19(2)16(20)12-17(18)10-4-3-5-11-17/h6-9H,3-5,10-13,18H2,1-2H3. The molecule has 0 bridgehead atoms. The lowest BCUT2D eigenvalue weighted by molar-refractivity contribution is -0.132. The zero-order valence-corrected chi connectivity index (χ0v) is 12.7. The van der Waals surface area contributed by atoms with E-state index in [9.17, 15) is 4.79 Å². The Morgan fingerprint density at radius 3 is 2.40 bits per heavy atom. The number of nitrogens with zero attached hydrogens (tertiary/aromatic N) is 1. The van der Waals surface area contributed by atoms with E-state index in [1.165, 1.54) is 17.5 Å². The predicted molar refractivity (Wildman–Crippen MR) is 82.3 cm³/mol. The van der Waals surface area contributed by atoms with E-state index >= 15 is 0 Å². The molecule has 1 aromatic carbocycles. The van der Waals surface area contributed by atoms with Gasteiger partial charge in [-0.25, -0.2) is 0 Å². The molecule has 0 unspecified atom stereocenters. The van der Waals surface area contributed by atoms with Crippen LogP contribution in [0.2, 0.25) is 0 Å². The van der Waals surface area contributed by atoms with Gasteiger partial charge in [0, 0.05) is 25.6 Å². The first-order valence-electron chi connectivity index (χ1n) is 7.57. The second kappa shape index (κ2) is 6.40. The number of carbonyl (C=O) groups is 1. The fourth-order valence-corrected chi connectivity index (χ4v) is 2.92. The van der Waals surface area contributed by atoms with Gasteiger partial charge in [0.05, 0.1) is 0 Å². The van der Waals surface area contributed by atoms with Gasteiger partial charge in [-0.3, -0.25) is 4.79 Å². The Bertz CT molecular complexity index is 447. The van der Waals surface area contributed by atoms with Crippen molar-refractivity contribution in [1.29, 1.82) is 0 Å². The monoisotopic (exact) mass is 274 g/mol. The number of rotatable bonds is 4. The molecule has 110 valence electrons. The first kappa shape index (κ1) is 15.0. The fraction of sp³-hybridized carbons (Fsp3) is 0.588. The lowest BCUT2D eigenvalue weighted by atomic mass is 9.80. The number of hydrogen-bond acceptors (Lipinski definition) is 2. The zero-order valence-electron chi connectivity index (χ0n) is 12.7. The highest BCUT2D eigenvalue weighted by atomic mass is 16.2. The number of amides is 1. The molecule has 1 aliphatic rings. The molecule has 3 heteroatoms. The van der Waals surface area contributed by atoms with Gasteiger partial charge in [0.2, 0.25) is 5.91 Å². The molecular formula is C17H26N2O. The lowest BCUT2D eigenvalue weighted by Crippen LogP contribution is -2.46. The summed E-state index contributed by atoms with van der Waals surface area (Å²) in [4.78, 5) is 14.1. The average molecular weight is 274 g/mol. The molecule has 2 N–H and O–H groups in total. The molecule has 2 rings (SSSR count). The van der Waals surface area contributed by atoms with Gasteiger partial charge in [-0.1, -0.05) is 49.1 Å². The molecule has 1 saturated carbocycles. The quantitative estimate of drug-likeness (QED) is 0.917.